The number of hydrogen-bond acceptors (Lipinski definition) is 1. The minimum absolute atomic E-state index is 0.137. The highest BCUT2D eigenvalue weighted by Crippen LogP contribution is 2.37. The molecule has 0 bridgehead atoms. The molecule has 1 atom stereocenters. The van der Waals surface area contributed by atoms with Crippen molar-refractivity contribution in [3.63, 3.8) is 0 Å². The predicted molar refractivity (Wildman–Crippen MR) is 82.7 cm³/mol. The summed E-state index contributed by atoms with van der Waals surface area (Å²) < 4.78 is 14.2. The highest BCUT2D eigenvalue weighted by atomic mass is 35.5. The molecule has 0 aliphatic carbocycles. The first kappa shape index (κ1) is 15.0. The Labute approximate surface area is 124 Å². The molecule has 0 saturated carbocycles. The zero-order chi connectivity index (χ0) is 14.8. The van der Waals surface area contributed by atoms with Crippen LogP contribution in [-0.2, 0) is 5.41 Å². The standard InChI is InChI=1S/C17H19ClFN/c1-17(2,12-7-5-4-6-8-12)16(20-3)14-10-9-13(18)11-15(14)19/h4-11,16,20H,1-3H3. The fourth-order valence-electron chi connectivity index (χ4n) is 2.68. The van der Waals surface area contributed by atoms with E-state index in [-0.39, 0.29) is 17.3 Å². The Balaban J connectivity index is 2.46. The highest BCUT2D eigenvalue weighted by Gasteiger charge is 2.33. The average molecular weight is 292 g/mol. The Kier molecular flexibility index (Phi) is 4.46. The molecule has 0 aliphatic rings. The van der Waals surface area contributed by atoms with Gasteiger partial charge in [0.05, 0.1) is 0 Å². The lowest BCUT2D eigenvalue weighted by Gasteiger charge is -2.35. The van der Waals surface area contributed by atoms with Crippen molar-refractivity contribution in [3.05, 3.63) is 70.5 Å². The van der Waals surface area contributed by atoms with Crippen LogP contribution in [0.4, 0.5) is 4.39 Å². The quantitative estimate of drug-likeness (QED) is 0.859. The monoisotopic (exact) mass is 291 g/mol. The smallest absolute Gasteiger partial charge is 0.129 e. The van der Waals surface area contributed by atoms with Crippen LogP contribution in [0.2, 0.25) is 5.02 Å². The van der Waals surface area contributed by atoms with E-state index in [1.54, 1.807) is 12.1 Å². The van der Waals surface area contributed by atoms with Gasteiger partial charge in [0.2, 0.25) is 0 Å². The second-order valence-corrected chi connectivity index (χ2v) is 5.91. The van der Waals surface area contributed by atoms with Crippen LogP contribution in [0.1, 0.15) is 31.0 Å². The zero-order valence-electron chi connectivity index (χ0n) is 12.0. The number of rotatable bonds is 4. The molecule has 2 aromatic rings. The van der Waals surface area contributed by atoms with Gasteiger partial charge in [-0.2, -0.15) is 0 Å². The Hall–Kier alpha value is -1.38. The molecular formula is C17H19ClFN. The van der Waals surface area contributed by atoms with Gasteiger partial charge in [-0.3, -0.25) is 0 Å². The van der Waals surface area contributed by atoms with Crippen molar-refractivity contribution in [1.29, 1.82) is 0 Å². The summed E-state index contributed by atoms with van der Waals surface area (Å²) in [6.07, 6.45) is 0. The van der Waals surface area contributed by atoms with Gasteiger partial charge in [0.1, 0.15) is 5.82 Å². The molecule has 0 radical (unpaired) electrons. The maximum absolute atomic E-state index is 14.2. The van der Waals surface area contributed by atoms with Gasteiger partial charge in [0.15, 0.2) is 0 Å². The van der Waals surface area contributed by atoms with E-state index in [4.69, 9.17) is 11.6 Å². The normalized spacial score (nSPS) is 13.2. The van der Waals surface area contributed by atoms with E-state index in [2.05, 4.69) is 31.3 Å². The van der Waals surface area contributed by atoms with Gasteiger partial charge in [-0.25, -0.2) is 4.39 Å². The zero-order valence-corrected chi connectivity index (χ0v) is 12.7. The Bertz CT molecular complexity index is 581. The van der Waals surface area contributed by atoms with Crippen molar-refractivity contribution in [3.8, 4) is 0 Å². The van der Waals surface area contributed by atoms with Crippen LogP contribution in [0.5, 0.6) is 0 Å². The van der Waals surface area contributed by atoms with E-state index in [0.29, 0.717) is 10.6 Å². The molecule has 106 valence electrons. The summed E-state index contributed by atoms with van der Waals surface area (Å²) in [4.78, 5) is 0. The molecule has 0 spiro atoms. The first-order valence-electron chi connectivity index (χ1n) is 6.64. The molecule has 2 rings (SSSR count). The van der Waals surface area contributed by atoms with E-state index in [9.17, 15) is 4.39 Å². The Morgan fingerprint density at radius 3 is 2.30 bits per heavy atom. The second kappa shape index (κ2) is 5.94. The van der Waals surface area contributed by atoms with Crippen LogP contribution in [-0.4, -0.2) is 7.05 Å². The van der Waals surface area contributed by atoms with Crippen molar-refractivity contribution < 1.29 is 4.39 Å². The van der Waals surface area contributed by atoms with Gasteiger partial charge >= 0.3 is 0 Å². The van der Waals surface area contributed by atoms with Gasteiger partial charge in [0, 0.05) is 22.0 Å². The lowest BCUT2D eigenvalue weighted by atomic mass is 9.75. The Morgan fingerprint density at radius 2 is 1.75 bits per heavy atom. The molecule has 0 saturated heterocycles. The molecule has 0 aromatic heterocycles. The summed E-state index contributed by atoms with van der Waals surface area (Å²) in [6.45, 7) is 4.22. The molecule has 0 fully saturated rings. The summed E-state index contributed by atoms with van der Waals surface area (Å²) in [5, 5.41) is 3.65. The molecule has 0 heterocycles. The summed E-state index contributed by atoms with van der Waals surface area (Å²) >= 11 is 5.84. The first-order chi connectivity index (χ1) is 9.46. The van der Waals surface area contributed by atoms with Crippen LogP contribution in [0.3, 0.4) is 0 Å². The fraction of sp³-hybridized carbons (Fsp3) is 0.294. The topological polar surface area (TPSA) is 12.0 Å². The third-order valence-electron chi connectivity index (χ3n) is 3.80. The lowest BCUT2D eigenvalue weighted by Crippen LogP contribution is -2.36. The van der Waals surface area contributed by atoms with Gasteiger partial charge in [-0.1, -0.05) is 61.8 Å². The van der Waals surface area contributed by atoms with Gasteiger partial charge in [0.25, 0.3) is 0 Å². The molecule has 0 amide bonds. The van der Waals surface area contributed by atoms with Crippen molar-refractivity contribution in [1.82, 2.24) is 5.32 Å². The number of benzene rings is 2. The summed E-state index contributed by atoms with van der Waals surface area (Å²) in [5.74, 6) is -0.277. The molecule has 20 heavy (non-hydrogen) atoms. The number of nitrogens with one attached hydrogen (secondary N) is 1. The SMILES string of the molecule is CNC(c1ccc(Cl)cc1F)C(C)(C)c1ccccc1. The number of halogens is 2. The molecule has 0 aliphatic heterocycles. The lowest BCUT2D eigenvalue weighted by molar-refractivity contribution is 0.357. The minimum atomic E-state index is -0.277. The van der Waals surface area contributed by atoms with Crippen molar-refractivity contribution in [2.75, 3.05) is 7.05 Å². The third kappa shape index (κ3) is 2.87. The van der Waals surface area contributed by atoms with E-state index in [1.807, 2.05) is 25.2 Å². The summed E-state index contributed by atoms with van der Waals surface area (Å²) in [5.41, 5.74) is 1.55. The van der Waals surface area contributed by atoms with E-state index >= 15 is 0 Å². The molecule has 1 unspecified atom stereocenters. The van der Waals surface area contributed by atoms with Crippen LogP contribution in [0.15, 0.2) is 48.5 Å². The van der Waals surface area contributed by atoms with E-state index < -0.39 is 0 Å². The van der Waals surface area contributed by atoms with E-state index in [0.717, 1.165) is 5.56 Å². The first-order valence-corrected chi connectivity index (χ1v) is 7.02. The summed E-state index contributed by atoms with van der Waals surface area (Å²) in [7, 11) is 1.85. The van der Waals surface area contributed by atoms with Crippen LogP contribution in [0.25, 0.3) is 0 Å². The number of hydrogen-bond donors (Lipinski definition) is 1. The highest BCUT2D eigenvalue weighted by molar-refractivity contribution is 6.30. The third-order valence-corrected chi connectivity index (χ3v) is 4.04. The fourth-order valence-corrected chi connectivity index (χ4v) is 2.83. The molecule has 2 aromatic carbocycles. The van der Waals surface area contributed by atoms with Crippen LogP contribution < -0.4 is 5.32 Å². The molecule has 3 heteroatoms. The average Bonchev–Trinajstić information content (AvgIpc) is 2.43. The maximum atomic E-state index is 14.2. The molecule has 1 nitrogen and oxygen atoms in total. The van der Waals surface area contributed by atoms with Gasteiger partial charge in [-0.05, 0) is 24.7 Å². The van der Waals surface area contributed by atoms with Crippen LogP contribution in [0, 0.1) is 5.82 Å². The molecular weight excluding hydrogens is 273 g/mol. The van der Waals surface area contributed by atoms with Crippen LogP contribution >= 0.6 is 11.6 Å². The number of likely N-dealkylation sites (N-methyl/N-ethyl adjacent to an activating group) is 1. The molecule has 1 N–H and O–H groups in total. The summed E-state index contributed by atoms with van der Waals surface area (Å²) in [6, 6.07) is 14.8. The van der Waals surface area contributed by atoms with Gasteiger partial charge < -0.3 is 5.32 Å². The van der Waals surface area contributed by atoms with E-state index in [1.165, 1.54) is 6.07 Å². The van der Waals surface area contributed by atoms with Gasteiger partial charge in [-0.15, -0.1) is 0 Å². The second-order valence-electron chi connectivity index (χ2n) is 5.48. The maximum Gasteiger partial charge on any atom is 0.129 e. The predicted octanol–water partition coefficient (Wildman–Crippen LogP) is 4.72. The van der Waals surface area contributed by atoms with Crippen molar-refractivity contribution in [2.45, 2.75) is 25.3 Å². The Morgan fingerprint density at radius 1 is 1.10 bits per heavy atom. The van der Waals surface area contributed by atoms with Crippen molar-refractivity contribution >= 4 is 11.6 Å². The van der Waals surface area contributed by atoms with Crippen molar-refractivity contribution in [2.24, 2.45) is 0 Å². The minimum Gasteiger partial charge on any atom is -0.312 e. The largest absolute Gasteiger partial charge is 0.312 e.